The molecule has 1 aliphatic rings. The second kappa shape index (κ2) is 11.6. The van der Waals surface area contributed by atoms with Crippen molar-refractivity contribution in [2.75, 3.05) is 32.9 Å². The number of hydrogen-bond acceptors (Lipinski definition) is 4. The van der Waals surface area contributed by atoms with Crippen LogP contribution in [0.25, 0.3) is 0 Å². The van der Waals surface area contributed by atoms with E-state index in [1.165, 1.54) is 31.2 Å². The van der Waals surface area contributed by atoms with Crippen molar-refractivity contribution in [3.63, 3.8) is 0 Å². The average molecular weight is 441 g/mol. The van der Waals surface area contributed by atoms with E-state index < -0.39 is 9.84 Å². The highest BCUT2D eigenvalue weighted by molar-refractivity contribution is 7.89. The minimum absolute atomic E-state index is 0.109. The van der Waals surface area contributed by atoms with Crippen molar-refractivity contribution in [1.82, 2.24) is 15.5 Å². The molecule has 1 atom stereocenters. The van der Waals surface area contributed by atoms with Gasteiger partial charge in [0.15, 0.2) is 15.8 Å². The molecule has 2 N–H and O–H groups in total. The molecule has 1 saturated heterocycles. The highest BCUT2D eigenvalue weighted by Crippen LogP contribution is 2.22. The Hall–Kier alpha value is -1.67. The summed E-state index contributed by atoms with van der Waals surface area (Å²) in [6.45, 7) is 7.89. The summed E-state index contributed by atoms with van der Waals surface area (Å²) in [6.07, 6.45) is 5.98. The largest absolute Gasteiger partial charge is 0.355 e. The normalized spacial score (nSPS) is 16.8. The fourth-order valence-corrected chi connectivity index (χ4v) is 5.13. The molecular formula is C22H37FN4O2S. The van der Waals surface area contributed by atoms with Gasteiger partial charge >= 0.3 is 0 Å². The van der Waals surface area contributed by atoms with E-state index in [1.807, 2.05) is 0 Å². The van der Waals surface area contributed by atoms with Crippen molar-refractivity contribution in [3.05, 3.63) is 35.1 Å². The average Bonchev–Trinajstić information content (AvgIpc) is 3.22. The van der Waals surface area contributed by atoms with Gasteiger partial charge in [0.25, 0.3) is 0 Å². The molecule has 30 heavy (non-hydrogen) atoms. The Labute approximate surface area is 181 Å². The van der Waals surface area contributed by atoms with Crippen LogP contribution in [0.3, 0.4) is 0 Å². The van der Waals surface area contributed by atoms with Crippen molar-refractivity contribution < 1.29 is 12.8 Å². The quantitative estimate of drug-likeness (QED) is 0.432. The van der Waals surface area contributed by atoms with Gasteiger partial charge in [-0.25, -0.2) is 12.8 Å². The molecule has 0 bridgehead atoms. The van der Waals surface area contributed by atoms with Crippen LogP contribution in [0.15, 0.2) is 23.2 Å². The standard InChI is InChI=1S/C22H37FN4O2S/c1-5-17(6-2)21(27-11-7-8-12-27)15-26-22(24-3)25-14-19-13-20(23)10-9-18(19)16-30(4,28)29/h9-10,13,17,21H,5-8,11-12,14-16H2,1-4H3,(H2,24,25,26). The molecule has 1 aromatic carbocycles. The number of nitrogens with one attached hydrogen (secondary N) is 2. The maximum Gasteiger partial charge on any atom is 0.191 e. The lowest BCUT2D eigenvalue weighted by Crippen LogP contribution is -2.49. The SMILES string of the molecule is CCC(CC)C(CNC(=NC)NCc1cc(F)ccc1CS(C)(=O)=O)N1CCCC1. The third kappa shape index (κ3) is 7.54. The highest BCUT2D eigenvalue weighted by Gasteiger charge is 2.27. The van der Waals surface area contributed by atoms with Crippen LogP contribution in [0.2, 0.25) is 0 Å². The highest BCUT2D eigenvalue weighted by atomic mass is 32.2. The Morgan fingerprint density at radius 3 is 2.40 bits per heavy atom. The van der Waals surface area contributed by atoms with Gasteiger partial charge in [-0.2, -0.15) is 0 Å². The van der Waals surface area contributed by atoms with Crippen LogP contribution in [-0.2, 0) is 22.1 Å². The summed E-state index contributed by atoms with van der Waals surface area (Å²) in [5.41, 5.74) is 1.23. The van der Waals surface area contributed by atoms with Gasteiger partial charge < -0.3 is 10.6 Å². The van der Waals surface area contributed by atoms with Gasteiger partial charge in [-0.1, -0.05) is 32.8 Å². The molecule has 0 spiro atoms. The van der Waals surface area contributed by atoms with Crippen molar-refractivity contribution in [3.8, 4) is 0 Å². The Morgan fingerprint density at radius 2 is 1.83 bits per heavy atom. The molecule has 0 amide bonds. The molecule has 170 valence electrons. The summed E-state index contributed by atoms with van der Waals surface area (Å²) >= 11 is 0. The fourth-order valence-electron chi connectivity index (χ4n) is 4.28. The predicted molar refractivity (Wildman–Crippen MR) is 122 cm³/mol. The van der Waals surface area contributed by atoms with Crippen molar-refractivity contribution in [2.24, 2.45) is 10.9 Å². The number of benzene rings is 1. The molecule has 1 aliphatic heterocycles. The first-order valence-electron chi connectivity index (χ1n) is 10.9. The van der Waals surface area contributed by atoms with Gasteiger partial charge in [-0.05, 0) is 55.1 Å². The summed E-state index contributed by atoms with van der Waals surface area (Å²) < 4.78 is 37.2. The molecule has 0 aromatic heterocycles. The monoisotopic (exact) mass is 440 g/mol. The van der Waals surface area contributed by atoms with E-state index in [0.717, 1.165) is 32.5 Å². The number of likely N-dealkylation sites (tertiary alicyclic amines) is 1. The zero-order chi connectivity index (χ0) is 22.1. The van der Waals surface area contributed by atoms with Crippen LogP contribution >= 0.6 is 0 Å². The number of guanidine groups is 1. The van der Waals surface area contributed by atoms with Crippen LogP contribution in [-0.4, -0.2) is 58.3 Å². The number of rotatable bonds is 10. The Balaban J connectivity index is 2.03. The third-order valence-corrected chi connectivity index (χ3v) is 6.77. The summed E-state index contributed by atoms with van der Waals surface area (Å²) in [5, 5.41) is 6.65. The van der Waals surface area contributed by atoms with Gasteiger partial charge in [-0.3, -0.25) is 9.89 Å². The van der Waals surface area contributed by atoms with E-state index in [9.17, 15) is 12.8 Å². The van der Waals surface area contributed by atoms with Gasteiger partial charge in [0.1, 0.15) is 5.82 Å². The van der Waals surface area contributed by atoms with E-state index in [0.29, 0.717) is 35.6 Å². The minimum atomic E-state index is -3.20. The fraction of sp³-hybridized carbons (Fsp3) is 0.682. The first-order chi connectivity index (χ1) is 14.3. The van der Waals surface area contributed by atoms with E-state index in [1.54, 1.807) is 13.1 Å². The molecule has 1 fully saturated rings. The van der Waals surface area contributed by atoms with Crippen LogP contribution in [0, 0.1) is 11.7 Å². The van der Waals surface area contributed by atoms with Crippen LogP contribution < -0.4 is 10.6 Å². The molecule has 0 saturated carbocycles. The van der Waals surface area contributed by atoms with Crippen molar-refractivity contribution >= 4 is 15.8 Å². The minimum Gasteiger partial charge on any atom is -0.355 e. The lowest BCUT2D eigenvalue weighted by molar-refractivity contribution is 0.166. The maximum atomic E-state index is 13.8. The summed E-state index contributed by atoms with van der Waals surface area (Å²) in [4.78, 5) is 6.88. The predicted octanol–water partition coefficient (Wildman–Crippen LogP) is 2.94. The maximum absolute atomic E-state index is 13.8. The molecular weight excluding hydrogens is 403 g/mol. The van der Waals surface area contributed by atoms with Gasteiger partial charge in [-0.15, -0.1) is 0 Å². The van der Waals surface area contributed by atoms with Crippen LogP contribution in [0.5, 0.6) is 0 Å². The zero-order valence-electron chi connectivity index (χ0n) is 18.7. The topological polar surface area (TPSA) is 73.8 Å². The second-order valence-corrected chi connectivity index (χ2v) is 10.3. The lowest BCUT2D eigenvalue weighted by Gasteiger charge is -2.34. The molecule has 0 radical (unpaired) electrons. The Bertz CT molecular complexity index is 801. The zero-order valence-corrected chi connectivity index (χ0v) is 19.6. The molecule has 8 heteroatoms. The van der Waals surface area contributed by atoms with Gasteiger partial charge in [0, 0.05) is 32.4 Å². The number of aliphatic imine (C=N–C) groups is 1. The van der Waals surface area contributed by atoms with E-state index in [-0.39, 0.29) is 11.6 Å². The number of hydrogen-bond donors (Lipinski definition) is 2. The van der Waals surface area contributed by atoms with Gasteiger partial charge in [0.2, 0.25) is 0 Å². The Morgan fingerprint density at radius 1 is 1.17 bits per heavy atom. The molecule has 2 rings (SSSR count). The summed E-state index contributed by atoms with van der Waals surface area (Å²) in [6, 6.07) is 4.68. The van der Waals surface area contributed by atoms with Gasteiger partial charge in [0.05, 0.1) is 5.75 Å². The molecule has 1 aromatic rings. The Kier molecular flexibility index (Phi) is 9.55. The third-order valence-electron chi connectivity index (χ3n) is 5.94. The van der Waals surface area contributed by atoms with E-state index >= 15 is 0 Å². The van der Waals surface area contributed by atoms with Crippen LogP contribution in [0.4, 0.5) is 4.39 Å². The molecule has 1 unspecified atom stereocenters. The van der Waals surface area contributed by atoms with E-state index in [2.05, 4.69) is 34.4 Å². The summed E-state index contributed by atoms with van der Waals surface area (Å²) in [7, 11) is -1.50. The smallest absolute Gasteiger partial charge is 0.191 e. The molecule has 6 nitrogen and oxygen atoms in total. The first kappa shape index (κ1) is 24.6. The summed E-state index contributed by atoms with van der Waals surface area (Å²) in [5.74, 6) is 0.773. The van der Waals surface area contributed by atoms with Crippen LogP contribution in [0.1, 0.15) is 50.7 Å². The first-order valence-corrected chi connectivity index (χ1v) is 13.0. The second-order valence-electron chi connectivity index (χ2n) is 8.18. The van der Waals surface area contributed by atoms with Crippen molar-refractivity contribution in [1.29, 1.82) is 0 Å². The lowest BCUT2D eigenvalue weighted by atomic mass is 9.93. The van der Waals surface area contributed by atoms with E-state index in [4.69, 9.17) is 0 Å². The van der Waals surface area contributed by atoms with Crippen molar-refractivity contribution in [2.45, 2.75) is 57.9 Å². The number of nitrogens with zero attached hydrogens (tertiary/aromatic N) is 2. The number of halogens is 1. The molecule has 0 aliphatic carbocycles. The number of sulfone groups is 1. The molecule has 1 heterocycles.